The normalized spacial score (nSPS) is 11.0. The Morgan fingerprint density at radius 2 is 1.67 bits per heavy atom. The molecule has 0 atom stereocenters. The number of nitrogens with zero attached hydrogens (tertiary/aromatic N) is 1. The summed E-state index contributed by atoms with van der Waals surface area (Å²) < 4.78 is 34.6. The van der Waals surface area contributed by atoms with Crippen LogP contribution in [0.25, 0.3) is 11.0 Å². The van der Waals surface area contributed by atoms with Crippen molar-refractivity contribution in [3.63, 3.8) is 0 Å². The quantitative estimate of drug-likeness (QED) is 0.313. The highest BCUT2D eigenvalue weighted by Crippen LogP contribution is 2.18. The molecule has 0 spiro atoms. The van der Waals surface area contributed by atoms with Gasteiger partial charge in [0, 0.05) is 6.42 Å². The third kappa shape index (κ3) is 6.74. The fourth-order valence-corrected chi connectivity index (χ4v) is 3.67. The molecule has 0 amide bonds. The molecule has 3 aromatic carbocycles. The molecule has 2 N–H and O–H groups in total. The van der Waals surface area contributed by atoms with Crippen LogP contribution >= 0.6 is 0 Å². The molecule has 4 aromatic rings. The number of carbonyl (C=O) groups excluding carboxylic acids is 1. The Hall–Kier alpha value is -3.49. The number of esters is 1. The van der Waals surface area contributed by atoms with E-state index in [9.17, 15) is 13.2 Å². The van der Waals surface area contributed by atoms with Gasteiger partial charge in [-0.2, -0.15) is 8.42 Å². The van der Waals surface area contributed by atoms with Gasteiger partial charge in [-0.3, -0.25) is 4.55 Å². The van der Waals surface area contributed by atoms with Crippen molar-refractivity contribution in [1.29, 1.82) is 0 Å². The molecule has 0 bridgehead atoms. The zero-order valence-corrected chi connectivity index (χ0v) is 19.3. The van der Waals surface area contributed by atoms with Gasteiger partial charge in [0.05, 0.1) is 22.6 Å². The average molecular weight is 467 g/mol. The maximum Gasteiger partial charge on any atom is 0.340 e. The Balaban J connectivity index is 0.000000235. The van der Waals surface area contributed by atoms with Crippen LogP contribution in [0.3, 0.4) is 0 Å². The van der Waals surface area contributed by atoms with Crippen molar-refractivity contribution in [3.8, 4) is 0 Å². The Kier molecular flexibility index (Phi) is 7.97. The fourth-order valence-electron chi connectivity index (χ4n) is 3.19. The predicted octanol–water partition coefficient (Wildman–Crippen LogP) is 4.77. The van der Waals surface area contributed by atoms with Gasteiger partial charge in [-0.25, -0.2) is 9.78 Å². The number of nitrogens with one attached hydrogen (secondary N) is 1. The second-order valence-electron chi connectivity index (χ2n) is 7.38. The number of carbonyl (C=O) groups is 1. The molecule has 172 valence electrons. The number of rotatable bonds is 6. The molecule has 0 fully saturated rings. The first-order valence-corrected chi connectivity index (χ1v) is 11.9. The molecule has 1 heterocycles. The smallest absolute Gasteiger partial charge is 0.340 e. The lowest BCUT2D eigenvalue weighted by atomic mass is 10.1. The first-order valence-electron chi connectivity index (χ1n) is 10.5. The molecule has 0 aliphatic heterocycles. The highest BCUT2D eigenvalue weighted by Gasteiger charge is 2.14. The summed E-state index contributed by atoms with van der Waals surface area (Å²) in [6, 6.07) is 21.8. The Labute approximate surface area is 193 Å². The van der Waals surface area contributed by atoms with Gasteiger partial charge < -0.3 is 9.72 Å². The first-order chi connectivity index (χ1) is 15.8. The predicted molar refractivity (Wildman–Crippen MR) is 127 cm³/mol. The summed E-state index contributed by atoms with van der Waals surface area (Å²) in [5, 5.41) is 0. The summed E-state index contributed by atoms with van der Waals surface area (Å²) in [7, 11) is -4.02. The van der Waals surface area contributed by atoms with Crippen LogP contribution in [0.5, 0.6) is 0 Å². The molecule has 0 saturated carbocycles. The summed E-state index contributed by atoms with van der Waals surface area (Å²) in [5.41, 5.74) is 4.30. The van der Waals surface area contributed by atoms with Gasteiger partial charge in [-0.1, -0.05) is 54.1 Å². The summed E-state index contributed by atoms with van der Waals surface area (Å²) in [4.78, 5) is 19.8. The minimum absolute atomic E-state index is 0.0666. The maximum atomic E-state index is 12.0. The lowest BCUT2D eigenvalue weighted by Gasteiger charge is -2.01. The van der Waals surface area contributed by atoms with Crippen LogP contribution in [0.1, 0.15) is 34.2 Å². The first kappa shape index (κ1) is 24.2. The zero-order chi connectivity index (χ0) is 23.8. The number of hydrogen-bond acceptors (Lipinski definition) is 5. The number of para-hydroxylation sites is 1. The highest BCUT2D eigenvalue weighted by atomic mass is 32.2. The number of aryl methyl sites for hydroxylation is 3. The number of H-pyrrole nitrogens is 1. The topological polar surface area (TPSA) is 109 Å². The van der Waals surface area contributed by atoms with Crippen LogP contribution in [0, 0.1) is 6.92 Å². The van der Waals surface area contributed by atoms with E-state index in [1.54, 1.807) is 25.1 Å². The number of aromatic nitrogens is 2. The lowest BCUT2D eigenvalue weighted by molar-refractivity contribution is 0.0528. The van der Waals surface area contributed by atoms with Gasteiger partial charge in [0.15, 0.2) is 0 Å². The molecule has 33 heavy (non-hydrogen) atoms. The Morgan fingerprint density at radius 1 is 0.970 bits per heavy atom. The van der Waals surface area contributed by atoms with Crippen molar-refractivity contribution < 1.29 is 22.5 Å². The number of fused-ring (bicyclic) bond motifs is 1. The van der Waals surface area contributed by atoms with Gasteiger partial charge in [0.25, 0.3) is 10.1 Å². The number of imidazole rings is 1. The van der Waals surface area contributed by atoms with Crippen LogP contribution in [0.2, 0.25) is 0 Å². The SMILES string of the molecule is CCOC(=O)c1cccc2[nH]c(CCc3ccccc3)nc12.Cc1ccc(S(=O)(=O)O)cc1. The van der Waals surface area contributed by atoms with Gasteiger partial charge >= 0.3 is 5.97 Å². The summed E-state index contributed by atoms with van der Waals surface area (Å²) >= 11 is 0. The maximum absolute atomic E-state index is 12.0. The zero-order valence-electron chi connectivity index (χ0n) is 18.5. The van der Waals surface area contributed by atoms with Crippen molar-refractivity contribution in [3.05, 3.63) is 95.3 Å². The molecule has 7 nitrogen and oxygen atoms in total. The lowest BCUT2D eigenvalue weighted by Crippen LogP contribution is -2.05. The van der Waals surface area contributed by atoms with E-state index < -0.39 is 10.1 Å². The Bertz CT molecular complexity index is 1310. The molecule has 0 saturated heterocycles. The molecule has 1 aromatic heterocycles. The van der Waals surface area contributed by atoms with Gasteiger partial charge in [0.2, 0.25) is 0 Å². The largest absolute Gasteiger partial charge is 0.462 e. The van der Waals surface area contributed by atoms with E-state index in [1.165, 1.54) is 17.7 Å². The van der Waals surface area contributed by atoms with Crippen molar-refractivity contribution in [2.45, 2.75) is 31.6 Å². The Morgan fingerprint density at radius 3 is 2.30 bits per heavy atom. The molecule has 0 unspecified atom stereocenters. The minimum Gasteiger partial charge on any atom is -0.462 e. The second-order valence-corrected chi connectivity index (χ2v) is 8.80. The van der Waals surface area contributed by atoms with Crippen molar-refractivity contribution in [2.24, 2.45) is 0 Å². The van der Waals surface area contributed by atoms with Crippen molar-refractivity contribution in [2.75, 3.05) is 6.61 Å². The van der Waals surface area contributed by atoms with E-state index in [0.29, 0.717) is 17.7 Å². The number of hydrogen-bond donors (Lipinski definition) is 2. The van der Waals surface area contributed by atoms with Crippen LogP contribution in [-0.2, 0) is 27.7 Å². The number of ether oxygens (including phenoxy) is 1. The van der Waals surface area contributed by atoms with Crippen molar-refractivity contribution >= 4 is 27.1 Å². The van der Waals surface area contributed by atoms with E-state index in [2.05, 4.69) is 22.1 Å². The molecule has 8 heteroatoms. The second kappa shape index (κ2) is 10.9. The summed E-state index contributed by atoms with van der Waals surface area (Å²) in [6.45, 7) is 4.00. The molecule has 0 aliphatic rings. The van der Waals surface area contributed by atoms with Crippen LogP contribution in [-0.4, -0.2) is 35.5 Å². The third-order valence-electron chi connectivity index (χ3n) is 4.87. The average Bonchev–Trinajstić information content (AvgIpc) is 3.22. The van der Waals surface area contributed by atoms with Crippen molar-refractivity contribution in [1.82, 2.24) is 9.97 Å². The number of aromatic amines is 1. The molecule has 0 aliphatic carbocycles. The molecule has 0 radical (unpaired) electrons. The molecular formula is C25H26N2O5S. The summed E-state index contributed by atoms with van der Waals surface area (Å²) in [5.74, 6) is 0.560. The third-order valence-corrected chi connectivity index (χ3v) is 5.74. The van der Waals surface area contributed by atoms with E-state index in [4.69, 9.17) is 9.29 Å². The number of benzene rings is 3. The monoisotopic (exact) mass is 466 g/mol. The van der Waals surface area contributed by atoms with E-state index in [0.717, 1.165) is 29.7 Å². The van der Waals surface area contributed by atoms with E-state index in [1.807, 2.05) is 37.3 Å². The van der Waals surface area contributed by atoms with Gasteiger partial charge in [-0.15, -0.1) is 0 Å². The standard InChI is InChI=1S/C18H18N2O2.C7H8O3S/c1-2-22-18(21)14-9-6-10-15-17(14)20-16(19-15)12-11-13-7-4-3-5-8-13;1-6-2-4-7(5-3-6)11(8,9)10/h3-10H,2,11-12H2,1H3,(H,19,20);2-5H,1H3,(H,8,9,10). The van der Waals surface area contributed by atoms with Crippen LogP contribution < -0.4 is 0 Å². The van der Waals surface area contributed by atoms with Gasteiger partial charge in [0.1, 0.15) is 11.3 Å². The highest BCUT2D eigenvalue weighted by molar-refractivity contribution is 7.85. The summed E-state index contributed by atoms with van der Waals surface area (Å²) in [6.07, 6.45) is 1.72. The van der Waals surface area contributed by atoms with Crippen LogP contribution in [0.4, 0.5) is 0 Å². The molecular weight excluding hydrogens is 440 g/mol. The fraction of sp³-hybridized carbons (Fsp3) is 0.200. The van der Waals surface area contributed by atoms with E-state index in [-0.39, 0.29) is 10.9 Å². The minimum atomic E-state index is -4.02. The van der Waals surface area contributed by atoms with E-state index >= 15 is 0 Å². The van der Waals surface area contributed by atoms with Crippen LogP contribution in [0.15, 0.2) is 77.7 Å². The molecule has 4 rings (SSSR count). The van der Waals surface area contributed by atoms with Gasteiger partial charge in [-0.05, 0) is 50.1 Å².